The summed E-state index contributed by atoms with van der Waals surface area (Å²) in [5.74, 6) is 0.866. The molecule has 0 radical (unpaired) electrons. The smallest absolute Gasteiger partial charge is 0.193 e. The molecule has 0 spiro atoms. The van der Waals surface area contributed by atoms with Gasteiger partial charge in [0.05, 0.1) is 12.2 Å². The summed E-state index contributed by atoms with van der Waals surface area (Å²) in [6, 6.07) is 6.54. The second-order valence-electron chi connectivity index (χ2n) is 7.00. The monoisotopic (exact) mass is 399 g/mol. The normalized spacial score (nSPS) is 13.1. The van der Waals surface area contributed by atoms with Crippen LogP contribution in [0.5, 0.6) is 0 Å². The van der Waals surface area contributed by atoms with E-state index >= 15 is 0 Å². The first-order valence-corrected chi connectivity index (χ1v) is 10.3. The number of ether oxygens (including phenoxy) is 1. The maximum absolute atomic E-state index is 5.34. The lowest BCUT2D eigenvalue weighted by molar-refractivity contribution is 0.119. The van der Waals surface area contributed by atoms with Gasteiger partial charge in [-0.15, -0.1) is 11.3 Å². The Hall–Kier alpha value is -2.38. The molecule has 1 aromatic carbocycles. The standard InChI is InChI=1S/C21H29N5OS/c1-14-6-7-18-16(11-24-19(18)10-14)8-9-23-21(22-3)26(4)12-17-13-28-20(25-17)15(2)27-5/h6-7,10-11,13,15,24H,8-9,12H2,1-5H3,(H,22,23). The Labute approximate surface area is 170 Å². The molecule has 1 unspecified atom stereocenters. The maximum atomic E-state index is 5.34. The average molecular weight is 400 g/mol. The highest BCUT2D eigenvalue weighted by Gasteiger charge is 2.13. The molecule has 0 aliphatic heterocycles. The van der Waals surface area contributed by atoms with Crippen molar-refractivity contribution in [2.75, 3.05) is 27.7 Å². The molecule has 3 aromatic rings. The molecule has 0 bridgehead atoms. The lowest BCUT2D eigenvalue weighted by Gasteiger charge is -2.21. The summed E-state index contributed by atoms with van der Waals surface area (Å²) in [6.07, 6.45) is 3.06. The average Bonchev–Trinajstić information content (AvgIpc) is 3.31. The molecule has 28 heavy (non-hydrogen) atoms. The number of fused-ring (bicyclic) bond motifs is 1. The van der Waals surface area contributed by atoms with Gasteiger partial charge in [0.1, 0.15) is 11.1 Å². The highest BCUT2D eigenvalue weighted by Crippen LogP contribution is 2.21. The molecular weight excluding hydrogens is 370 g/mol. The van der Waals surface area contributed by atoms with Gasteiger partial charge in [-0.3, -0.25) is 4.99 Å². The first-order chi connectivity index (χ1) is 13.5. The third-order valence-electron chi connectivity index (χ3n) is 4.84. The second-order valence-corrected chi connectivity index (χ2v) is 7.89. The summed E-state index contributed by atoms with van der Waals surface area (Å²) < 4.78 is 5.34. The number of rotatable bonds is 7. The number of aryl methyl sites for hydroxylation is 1. The molecule has 0 saturated carbocycles. The van der Waals surface area contributed by atoms with Crippen LogP contribution in [0.4, 0.5) is 0 Å². The molecule has 2 N–H and O–H groups in total. The van der Waals surface area contributed by atoms with Crippen LogP contribution in [0.1, 0.15) is 34.9 Å². The van der Waals surface area contributed by atoms with E-state index in [1.807, 2.05) is 21.0 Å². The van der Waals surface area contributed by atoms with Gasteiger partial charge in [-0.25, -0.2) is 4.98 Å². The van der Waals surface area contributed by atoms with Gasteiger partial charge in [-0.1, -0.05) is 12.1 Å². The number of thiazole rings is 1. The number of methoxy groups -OCH3 is 1. The molecule has 3 rings (SSSR count). The zero-order chi connectivity index (χ0) is 20.1. The third kappa shape index (κ3) is 4.72. The van der Waals surface area contributed by atoms with Crippen LogP contribution in [-0.2, 0) is 17.7 Å². The van der Waals surface area contributed by atoms with Crippen LogP contribution in [-0.4, -0.2) is 48.6 Å². The Morgan fingerprint density at radius 1 is 1.43 bits per heavy atom. The number of nitrogens with zero attached hydrogens (tertiary/aromatic N) is 3. The zero-order valence-corrected chi connectivity index (χ0v) is 18.1. The van der Waals surface area contributed by atoms with Crippen LogP contribution in [0, 0.1) is 6.92 Å². The molecule has 0 saturated heterocycles. The van der Waals surface area contributed by atoms with Crippen LogP contribution >= 0.6 is 11.3 Å². The summed E-state index contributed by atoms with van der Waals surface area (Å²) >= 11 is 1.64. The van der Waals surface area contributed by atoms with Gasteiger partial charge < -0.3 is 19.9 Å². The van der Waals surface area contributed by atoms with Crippen LogP contribution in [0.3, 0.4) is 0 Å². The van der Waals surface area contributed by atoms with Crippen LogP contribution < -0.4 is 5.32 Å². The Morgan fingerprint density at radius 3 is 3.00 bits per heavy atom. The predicted octanol–water partition coefficient (Wildman–Crippen LogP) is 3.89. The Morgan fingerprint density at radius 2 is 2.25 bits per heavy atom. The van der Waals surface area contributed by atoms with E-state index in [1.165, 1.54) is 22.0 Å². The maximum Gasteiger partial charge on any atom is 0.193 e. The summed E-state index contributed by atoms with van der Waals surface area (Å²) in [4.78, 5) is 14.5. The van der Waals surface area contributed by atoms with Crippen molar-refractivity contribution < 1.29 is 4.74 Å². The number of aliphatic imine (C=N–C) groups is 1. The number of aromatic amines is 1. The van der Waals surface area contributed by atoms with Crippen molar-refractivity contribution in [2.24, 2.45) is 4.99 Å². The molecule has 0 fully saturated rings. The second kappa shape index (κ2) is 9.21. The number of benzene rings is 1. The van der Waals surface area contributed by atoms with Crippen molar-refractivity contribution in [3.8, 4) is 0 Å². The molecule has 150 valence electrons. The number of aromatic nitrogens is 2. The Bertz CT molecular complexity index is 945. The number of nitrogens with one attached hydrogen (secondary N) is 2. The third-order valence-corrected chi connectivity index (χ3v) is 5.90. The van der Waals surface area contributed by atoms with E-state index in [0.29, 0.717) is 6.54 Å². The minimum absolute atomic E-state index is 0.0291. The molecule has 6 nitrogen and oxygen atoms in total. The van der Waals surface area contributed by atoms with E-state index in [4.69, 9.17) is 4.74 Å². The summed E-state index contributed by atoms with van der Waals surface area (Å²) in [7, 11) is 5.55. The van der Waals surface area contributed by atoms with Gasteiger partial charge in [-0.2, -0.15) is 0 Å². The number of guanidine groups is 1. The van der Waals surface area contributed by atoms with Gasteiger partial charge in [0.25, 0.3) is 0 Å². The van der Waals surface area contributed by atoms with E-state index < -0.39 is 0 Å². The zero-order valence-electron chi connectivity index (χ0n) is 17.2. The van der Waals surface area contributed by atoms with Crippen molar-refractivity contribution in [3.05, 3.63) is 51.6 Å². The van der Waals surface area contributed by atoms with Crippen molar-refractivity contribution in [2.45, 2.75) is 32.9 Å². The first-order valence-electron chi connectivity index (χ1n) is 9.47. The highest BCUT2D eigenvalue weighted by atomic mass is 32.1. The minimum Gasteiger partial charge on any atom is -0.375 e. The summed E-state index contributed by atoms with van der Waals surface area (Å²) in [6.45, 7) is 5.65. The molecule has 0 aliphatic carbocycles. The van der Waals surface area contributed by atoms with Crippen molar-refractivity contribution >= 4 is 28.2 Å². The first kappa shape index (κ1) is 20.4. The number of hydrogen-bond acceptors (Lipinski definition) is 4. The van der Waals surface area contributed by atoms with Gasteiger partial charge >= 0.3 is 0 Å². The Kier molecular flexibility index (Phi) is 6.70. The van der Waals surface area contributed by atoms with Crippen molar-refractivity contribution in [3.63, 3.8) is 0 Å². The topological polar surface area (TPSA) is 65.5 Å². The highest BCUT2D eigenvalue weighted by molar-refractivity contribution is 7.09. The van der Waals surface area contributed by atoms with Crippen LogP contribution in [0.2, 0.25) is 0 Å². The molecule has 0 amide bonds. The van der Waals surface area contributed by atoms with Crippen molar-refractivity contribution in [1.82, 2.24) is 20.2 Å². The molecule has 7 heteroatoms. The van der Waals surface area contributed by atoms with E-state index in [-0.39, 0.29) is 6.10 Å². The van der Waals surface area contributed by atoms with Gasteiger partial charge in [0.15, 0.2) is 5.96 Å². The van der Waals surface area contributed by atoms with Gasteiger partial charge in [0.2, 0.25) is 0 Å². The number of hydrogen-bond donors (Lipinski definition) is 2. The van der Waals surface area contributed by atoms with E-state index in [2.05, 4.69) is 61.9 Å². The molecule has 0 aliphatic rings. The van der Waals surface area contributed by atoms with E-state index in [9.17, 15) is 0 Å². The largest absolute Gasteiger partial charge is 0.375 e. The fraction of sp³-hybridized carbons (Fsp3) is 0.429. The Balaban J connectivity index is 1.55. The summed E-state index contributed by atoms with van der Waals surface area (Å²) in [5.41, 5.74) is 4.81. The van der Waals surface area contributed by atoms with E-state index in [0.717, 1.165) is 29.6 Å². The number of H-pyrrole nitrogens is 1. The molecule has 2 aromatic heterocycles. The fourth-order valence-electron chi connectivity index (χ4n) is 3.20. The SMILES string of the molecule is CN=C(NCCc1c[nH]c2cc(C)ccc12)N(C)Cc1csc(C(C)OC)n1. The van der Waals surface area contributed by atoms with Gasteiger partial charge in [-0.05, 0) is 37.5 Å². The van der Waals surface area contributed by atoms with Crippen LogP contribution in [0.25, 0.3) is 10.9 Å². The van der Waals surface area contributed by atoms with Crippen LogP contribution in [0.15, 0.2) is 34.8 Å². The quantitative estimate of drug-likeness (QED) is 0.467. The lowest BCUT2D eigenvalue weighted by atomic mass is 10.1. The molecule has 1 atom stereocenters. The van der Waals surface area contributed by atoms with Crippen molar-refractivity contribution in [1.29, 1.82) is 0 Å². The molecule has 2 heterocycles. The fourth-order valence-corrected chi connectivity index (χ4v) is 4.04. The lowest BCUT2D eigenvalue weighted by Crippen LogP contribution is -2.39. The summed E-state index contributed by atoms with van der Waals surface area (Å²) in [5, 5.41) is 7.84. The van der Waals surface area contributed by atoms with E-state index in [1.54, 1.807) is 18.4 Å². The predicted molar refractivity (Wildman–Crippen MR) is 117 cm³/mol. The minimum atomic E-state index is 0.0291. The van der Waals surface area contributed by atoms with Gasteiger partial charge in [0, 0.05) is 50.2 Å². The molecular formula is C21H29N5OS.